The van der Waals surface area contributed by atoms with Crippen LogP contribution in [0.4, 0.5) is 4.79 Å². The molecule has 1 aromatic rings. The summed E-state index contributed by atoms with van der Waals surface area (Å²) in [5.74, 6) is 1.16. The van der Waals surface area contributed by atoms with Crippen LogP contribution >= 0.6 is 0 Å². The number of aromatic nitrogens is 2. The van der Waals surface area contributed by atoms with Crippen molar-refractivity contribution in [3.05, 3.63) is 11.7 Å². The van der Waals surface area contributed by atoms with Crippen molar-refractivity contribution in [2.24, 2.45) is 0 Å². The largest absolute Gasteiger partial charge is 0.383 e. The number of nitrogens with zero attached hydrogens (tertiary/aromatic N) is 3. The van der Waals surface area contributed by atoms with Gasteiger partial charge in [-0.15, -0.1) is 0 Å². The van der Waals surface area contributed by atoms with E-state index in [0.29, 0.717) is 63.8 Å². The number of sulfonamides is 1. The van der Waals surface area contributed by atoms with Crippen LogP contribution in [0, 0.1) is 0 Å². The Morgan fingerprint density at radius 2 is 2.00 bits per heavy atom. The van der Waals surface area contributed by atoms with Crippen LogP contribution in [0.2, 0.25) is 0 Å². The van der Waals surface area contributed by atoms with Crippen molar-refractivity contribution in [3.63, 3.8) is 0 Å². The highest BCUT2D eigenvalue weighted by Gasteiger charge is 2.28. The summed E-state index contributed by atoms with van der Waals surface area (Å²) in [6, 6.07) is -0.273. The highest BCUT2D eigenvalue weighted by molar-refractivity contribution is 7.88. The number of methoxy groups -OCH3 is 1. The molecule has 0 aromatic carbocycles. The fourth-order valence-corrected chi connectivity index (χ4v) is 3.47. The number of carbonyl (C=O) groups excluding carboxylic acids is 1. The number of amides is 2. The predicted molar refractivity (Wildman–Crippen MR) is 89.7 cm³/mol. The van der Waals surface area contributed by atoms with Crippen molar-refractivity contribution in [1.29, 1.82) is 0 Å². The molecule has 2 N–H and O–H groups in total. The Labute approximate surface area is 147 Å². The maximum atomic E-state index is 11.5. The minimum Gasteiger partial charge on any atom is -0.383 e. The van der Waals surface area contributed by atoms with Crippen LogP contribution in [0.5, 0.6) is 0 Å². The molecule has 0 saturated carbocycles. The quantitative estimate of drug-likeness (QED) is 0.597. The van der Waals surface area contributed by atoms with Crippen molar-refractivity contribution in [1.82, 2.24) is 25.1 Å². The first kappa shape index (κ1) is 19.6. The van der Waals surface area contributed by atoms with Crippen LogP contribution in [-0.4, -0.2) is 75.0 Å². The standard InChI is InChI=1S/C14H25N5O5S/c1-23-10-7-16-14(20)15-6-3-12-17-13(18-24-12)11-4-8-19(9-5-11)25(2,21)22/h11H,3-10H2,1-2H3,(H2,15,16,20). The lowest BCUT2D eigenvalue weighted by Gasteiger charge is -2.28. The molecular formula is C14H25N5O5S. The van der Waals surface area contributed by atoms with Gasteiger partial charge in [-0.05, 0) is 12.8 Å². The third kappa shape index (κ3) is 6.25. The molecule has 2 amide bonds. The lowest BCUT2D eigenvalue weighted by molar-refractivity contribution is 0.196. The minimum absolute atomic E-state index is 0.0980. The summed E-state index contributed by atoms with van der Waals surface area (Å²) in [7, 11) is -1.57. The Morgan fingerprint density at radius 1 is 1.32 bits per heavy atom. The monoisotopic (exact) mass is 375 g/mol. The van der Waals surface area contributed by atoms with Gasteiger partial charge in [0.1, 0.15) is 0 Å². The highest BCUT2D eigenvalue weighted by atomic mass is 32.2. The van der Waals surface area contributed by atoms with Gasteiger partial charge in [-0.25, -0.2) is 17.5 Å². The van der Waals surface area contributed by atoms with Crippen LogP contribution in [-0.2, 0) is 21.2 Å². The molecule has 0 unspecified atom stereocenters. The number of nitrogens with one attached hydrogen (secondary N) is 2. The lowest BCUT2D eigenvalue weighted by atomic mass is 9.97. The molecule has 0 radical (unpaired) electrons. The minimum atomic E-state index is -3.14. The molecule has 0 atom stereocenters. The molecule has 1 aromatic heterocycles. The van der Waals surface area contributed by atoms with Crippen molar-refractivity contribution < 1.29 is 22.5 Å². The normalized spacial score (nSPS) is 16.7. The third-order valence-electron chi connectivity index (χ3n) is 3.99. The van der Waals surface area contributed by atoms with E-state index >= 15 is 0 Å². The van der Waals surface area contributed by atoms with E-state index < -0.39 is 10.0 Å². The second kappa shape index (κ2) is 9.11. The average molecular weight is 375 g/mol. The number of urea groups is 1. The van der Waals surface area contributed by atoms with Gasteiger partial charge in [0.25, 0.3) is 0 Å². The number of hydrogen-bond donors (Lipinski definition) is 2. The van der Waals surface area contributed by atoms with Gasteiger partial charge in [0, 0.05) is 45.6 Å². The smallest absolute Gasteiger partial charge is 0.314 e. The van der Waals surface area contributed by atoms with E-state index in [9.17, 15) is 13.2 Å². The summed E-state index contributed by atoms with van der Waals surface area (Å²) in [6.07, 6.45) is 3.00. The van der Waals surface area contributed by atoms with Crippen molar-refractivity contribution in [3.8, 4) is 0 Å². The molecular weight excluding hydrogens is 350 g/mol. The zero-order chi connectivity index (χ0) is 18.3. The van der Waals surface area contributed by atoms with Crippen LogP contribution in [0.15, 0.2) is 4.52 Å². The van der Waals surface area contributed by atoms with Gasteiger partial charge >= 0.3 is 6.03 Å². The number of hydrogen-bond acceptors (Lipinski definition) is 7. The molecule has 0 aliphatic carbocycles. The van der Waals surface area contributed by atoms with Gasteiger partial charge < -0.3 is 19.9 Å². The van der Waals surface area contributed by atoms with E-state index in [1.54, 1.807) is 7.11 Å². The average Bonchev–Trinajstić information content (AvgIpc) is 3.03. The predicted octanol–water partition coefficient (Wildman–Crippen LogP) is -0.303. The van der Waals surface area contributed by atoms with E-state index in [0.717, 1.165) is 0 Å². The fraction of sp³-hybridized carbons (Fsp3) is 0.786. The summed E-state index contributed by atoms with van der Waals surface area (Å²) in [4.78, 5) is 15.8. The fourth-order valence-electron chi connectivity index (χ4n) is 2.59. The third-order valence-corrected chi connectivity index (χ3v) is 5.29. The first-order valence-corrected chi connectivity index (χ1v) is 10.0. The number of rotatable bonds is 8. The maximum Gasteiger partial charge on any atom is 0.314 e. The number of ether oxygens (including phenoxy) is 1. The SMILES string of the molecule is COCCNC(=O)NCCc1nc(C2CCN(S(C)(=O)=O)CC2)no1. The van der Waals surface area contributed by atoms with Gasteiger partial charge in [-0.2, -0.15) is 4.98 Å². The Morgan fingerprint density at radius 3 is 2.64 bits per heavy atom. The summed E-state index contributed by atoms with van der Waals surface area (Å²) < 4.78 is 34.6. The zero-order valence-corrected chi connectivity index (χ0v) is 15.3. The summed E-state index contributed by atoms with van der Waals surface area (Å²) >= 11 is 0. The maximum absolute atomic E-state index is 11.5. The van der Waals surface area contributed by atoms with Gasteiger partial charge in [-0.1, -0.05) is 5.16 Å². The highest BCUT2D eigenvalue weighted by Crippen LogP contribution is 2.26. The summed E-state index contributed by atoms with van der Waals surface area (Å²) in [5.41, 5.74) is 0. The number of carbonyl (C=O) groups is 1. The second-order valence-corrected chi connectivity index (χ2v) is 7.89. The first-order valence-electron chi connectivity index (χ1n) is 8.18. The van der Waals surface area contributed by atoms with Crippen LogP contribution in [0.1, 0.15) is 30.5 Å². The lowest BCUT2D eigenvalue weighted by Crippen LogP contribution is -2.38. The molecule has 0 spiro atoms. The molecule has 142 valence electrons. The molecule has 2 heterocycles. The molecule has 1 saturated heterocycles. The van der Waals surface area contributed by atoms with Gasteiger partial charge in [-0.3, -0.25) is 0 Å². The molecule has 1 aliphatic heterocycles. The molecule has 25 heavy (non-hydrogen) atoms. The van der Waals surface area contributed by atoms with Crippen LogP contribution in [0.3, 0.4) is 0 Å². The van der Waals surface area contributed by atoms with E-state index in [2.05, 4.69) is 20.8 Å². The first-order chi connectivity index (χ1) is 11.9. The van der Waals surface area contributed by atoms with Gasteiger partial charge in [0.15, 0.2) is 5.82 Å². The number of piperidine rings is 1. The molecule has 0 bridgehead atoms. The Hall–Kier alpha value is -1.72. The zero-order valence-electron chi connectivity index (χ0n) is 14.5. The molecule has 11 heteroatoms. The van der Waals surface area contributed by atoms with E-state index in [1.807, 2.05) is 0 Å². The van der Waals surface area contributed by atoms with Gasteiger partial charge in [0.05, 0.1) is 12.9 Å². The van der Waals surface area contributed by atoms with Gasteiger partial charge in [0.2, 0.25) is 15.9 Å². The van der Waals surface area contributed by atoms with Crippen LogP contribution in [0.25, 0.3) is 0 Å². The molecule has 1 aliphatic rings. The Kier molecular flexibility index (Phi) is 7.14. The molecule has 2 rings (SSSR count). The molecule has 1 fully saturated rings. The summed E-state index contributed by atoms with van der Waals surface area (Å²) in [6.45, 7) is 2.22. The van der Waals surface area contributed by atoms with Crippen molar-refractivity contribution >= 4 is 16.1 Å². The van der Waals surface area contributed by atoms with Crippen LogP contribution < -0.4 is 10.6 Å². The second-order valence-electron chi connectivity index (χ2n) is 5.91. The topological polar surface area (TPSA) is 127 Å². The van der Waals surface area contributed by atoms with Crippen molar-refractivity contribution in [2.75, 3.05) is 46.2 Å². The summed E-state index contributed by atoms with van der Waals surface area (Å²) in [5, 5.41) is 9.33. The molecule has 10 nitrogen and oxygen atoms in total. The van der Waals surface area contributed by atoms with E-state index in [1.165, 1.54) is 10.6 Å². The van der Waals surface area contributed by atoms with E-state index in [-0.39, 0.29) is 11.9 Å². The van der Waals surface area contributed by atoms with Crippen molar-refractivity contribution in [2.45, 2.75) is 25.2 Å². The Bertz CT molecular complexity index is 654. The van der Waals surface area contributed by atoms with E-state index in [4.69, 9.17) is 9.26 Å². The Balaban J connectivity index is 1.73.